The molecule has 0 saturated heterocycles. The monoisotopic (exact) mass is 344 g/mol. The van der Waals surface area contributed by atoms with E-state index in [9.17, 15) is 9.59 Å². The highest BCUT2D eigenvalue weighted by Gasteiger charge is 2.24. The number of rotatable bonds is 4. The van der Waals surface area contributed by atoms with Crippen molar-refractivity contribution < 1.29 is 9.59 Å². The van der Waals surface area contributed by atoms with Gasteiger partial charge in [0.25, 0.3) is 5.91 Å². The molecular formula is C17H20N4O2S. The normalized spacial score (nSPS) is 14.6. The summed E-state index contributed by atoms with van der Waals surface area (Å²) in [7, 11) is 0. The Hall–Kier alpha value is -2.28. The first-order chi connectivity index (χ1) is 11.5. The number of amides is 2. The minimum Gasteiger partial charge on any atom is -0.323 e. The molecule has 2 aromatic heterocycles. The Morgan fingerprint density at radius 2 is 2.00 bits per heavy atom. The van der Waals surface area contributed by atoms with Gasteiger partial charge in [0.2, 0.25) is 5.91 Å². The second-order valence-corrected chi connectivity index (χ2v) is 7.01. The molecular weight excluding hydrogens is 324 g/mol. The molecule has 1 aliphatic carbocycles. The Bertz CT molecular complexity index is 766. The van der Waals surface area contributed by atoms with Gasteiger partial charge in [-0.15, -0.1) is 11.3 Å². The van der Waals surface area contributed by atoms with Gasteiger partial charge in [-0.2, -0.15) is 0 Å². The van der Waals surface area contributed by atoms with Gasteiger partial charge in [-0.05, 0) is 31.9 Å². The van der Waals surface area contributed by atoms with Gasteiger partial charge in [-0.1, -0.05) is 12.8 Å². The van der Waals surface area contributed by atoms with Crippen LogP contribution in [-0.4, -0.2) is 21.8 Å². The number of pyridine rings is 1. The minimum atomic E-state index is -0.237. The van der Waals surface area contributed by atoms with Gasteiger partial charge >= 0.3 is 0 Å². The predicted molar refractivity (Wildman–Crippen MR) is 94.6 cm³/mol. The molecule has 24 heavy (non-hydrogen) atoms. The molecule has 0 radical (unpaired) electrons. The smallest absolute Gasteiger partial charge is 0.268 e. The van der Waals surface area contributed by atoms with Crippen LogP contribution in [0.15, 0.2) is 18.3 Å². The fourth-order valence-electron chi connectivity index (χ4n) is 2.94. The molecule has 0 bridgehead atoms. The molecule has 3 rings (SSSR count). The van der Waals surface area contributed by atoms with E-state index in [1.165, 1.54) is 31.1 Å². The highest BCUT2D eigenvalue weighted by Crippen LogP contribution is 2.37. The molecule has 1 fully saturated rings. The van der Waals surface area contributed by atoms with Gasteiger partial charge in [0.15, 0.2) is 5.82 Å². The lowest BCUT2D eigenvalue weighted by Crippen LogP contribution is -2.16. The molecule has 2 aromatic rings. The van der Waals surface area contributed by atoms with E-state index >= 15 is 0 Å². The van der Waals surface area contributed by atoms with Gasteiger partial charge < -0.3 is 10.6 Å². The third-order valence-corrected chi connectivity index (χ3v) is 5.39. The summed E-state index contributed by atoms with van der Waals surface area (Å²) in [4.78, 5) is 33.2. The molecule has 6 nitrogen and oxygen atoms in total. The van der Waals surface area contributed by atoms with Crippen molar-refractivity contribution in [2.24, 2.45) is 0 Å². The lowest BCUT2D eigenvalue weighted by atomic mass is 10.1. The molecule has 1 saturated carbocycles. The lowest BCUT2D eigenvalue weighted by molar-refractivity contribution is -0.114. The molecule has 0 spiro atoms. The van der Waals surface area contributed by atoms with E-state index in [4.69, 9.17) is 0 Å². The largest absolute Gasteiger partial charge is 0.323 e. The SMILES string of the molecule is CC(=O)Nc1cccnc1NC(=O)c1sc(C2CCCC2)nc1C. The third-order valence-electron chi connectivity index (χ3n) is 4.07. The van der Waals surface area contributed by atoms with E-state index in [0.717, 1.165) is 23.5 Å². The van der Waals surface area contributed by atoms with E-state index < -0.39 is 0 Å². The highest BCUT2D eigenvalue weighted by molar-refractivity contribution is 7.14. The minimum absolute atomic E-state index is 0.212. The van der Waals surface area contributed by atoms with Crippen molar-refractivity contribution in [1.29, 1.82) is 0 Å². The van der Waals surface area contributed by atoms with Gasteiger partial charge in [-0.3, -0.25) is 9.59 Å². The zero-order chi connectivity index (χ0) is 17.1. The van der Waals surface area contributed by atoms with Crippen molar-refractivity contribution in [3.05, 3.63) is 33.9 Å². The summed E-state index contributed by atoms with van der Waals surface area (Å²) < 4.78 is 0. The number of nitrogens with zero attached hydrogens (tertiary/aromatic N) is 2. The number of hydrogen-bond acceptors (Lipinski definition) is 5. The summed E-state index contributed by atoms with van der Waals surface area (Å²) in [6, 6.07) is 3.41. The van der Waals surface area contributed by atoms with Crippen LogP contribution in [0.25, 0.3) is 0 Å². The quantitative estimate of drug-likeness (QED) is 0.885. The van der Waals surface area contributed by atoms with Crippen LogP contribution in [0.2, 0.25) is 0 Å². The van der Waals surface area contributed by atoms with Crippen molar-refractivity contribution in [2.45, 2.75) is 45.4 Å². The molecule has 2 amide bonds. The topological polar surface area (TPSA) is 84.0 Å². The second kappa shape index (κ2) is 7.09. The van der Waals surface area contributed by atoms with Crippen molar-refractivity contribution in [2.75, 3.05) is 10.6 Å². The average Bonchev–Trinajstić information content (AvgIpc) is 3.18. The fourth-order valence-corrected chi connectivity index (χ4v) is 4.07. The zero-order valence-electron chi connectivity index (χ0n) is 13.8. The van der Waals surface area contributed by atoms with Crippen molar-refractivity contribution in [1.82, 2.24) is 9.97 Å². The van der Waals surface area contributed by atoms with Gasteiger partial charge in [0, 0.05) is 19.0 Å². The maximum absolute atomic E-state index is 12.6. The molecule has 2 heterocycles. The van der Waals surface area contributed by atoms with Crippen molar-refractivity contribution in [3.8, 4) is 0 Å². The van der Waals surface area contributed by atoms with E-state index in [1.807, 2.05) is 6.92 Å². The molecule has 2 N–H and O–H groups in total. The molecule has 0 aliphatic heterocycles. The Kier molecular flexibility index (Phi) is 4.89. The Labute approximate surface area is 144 Å². The molecule has 0 atom stereocenters. The highest BCUT2D eigenvalue weighted by atomic mass is 32.1. The second-order valence-electron chi connectivity index (χ2n) is 5.98. The number of aromatic nitrogens is 2. The summed E-state index contributed by atoms with van der Waals surface area (Å²) in [5.74, 6) is 0.378. The Morgan fingerprint density at radius 3 is 2.71 bits per heavy atom. The van der Waals surface area contributed by atoms with Crippen LogP contribution in [0.5, 0.6) is 0 Å². The van der Waals surface area contributed by atoms with Crippen molar-refractivity contribution in [3.63, 3.8) is 0 Å². The number of thiazole rings is 1. The van der Waals surface area contributed by atoms with Crippen LogP contribution in [0.3, 0.4) is 0 Å². The van der Waals surface area contributed by atoms with Crippen molar-refractivity contribution >= 4 is 34.7 Å². The number of carbonyl (C=O) groups is 2. The molecule has 126 valence electrons. The number of hydrogen-bond donors (Lipinski definition) is 2. The molecule has 7 heteroatoms. The molecule has 1 aliphatic rings. The number of nitrogens with one attached hydrogen (secondary N) is 2. The van der Waals surface area contributed by atoms with Crippen LogP contribution in [0, 0.1) is 6.92 Å². The first-order valence-corrected chi connectivity index (χ1v) is 8.87. The van der Waals surface area contributed by atoms with E-state index in [2.05, 4.69) is 20.6 Å². The molecule has 0 aromatic carbocycles. The van der Waals surface area contributed by atoms with E-state index in [0.29, 0.717) is 22.3 Å². The Morgan fingerprint density at radius 1 is 1.25 bits per heavy atom. The summed E-state index contributed by atoms with van der Waals surface area (Å²) in [6.07, 6.45) is 6.35. The van der Waals surface area contributed by atoms with Crippen LogP contribution in [0.1, 0.15) is 58.9 Å². The summed E-state index contributed by atoms with van der Waals surface area (Å²) in [6.45, 7) is 3.27. The summed E-state index contributed by atoms with van der Waals surface area (Å²) in [5, 5.41) is 6.50. The first-order valence-electron chi connectivity index (χ1n) is 8.06. The number of anilines is 2. The van der Waals surface area contributed by atoms with Gasteiger partial charge in [0.1, 0.15) is 4.88 Å². The summed E-state index contributed by atoms with van der Waals surface area (Å²) >= 11 is 1.47. The Balaban J connectivity index is 1.79. The van der Waals surface area contributed by atoms with Crippen LogP contribution in [-0.2, 0) is 4.79 Å². The molecule has 0 unspecified atom stereocenters. The third kappa shape index (κ3) is 3.62. The predicted octanol–water partition coefficient (Wildman–Crippen LogP) is 3.71. The van der Waals surface area contributed by atoms with E-state index in [-0.39, 0.29) is 11.8 Å². The standard InChI is InChI=1S/C17H20N4O2S/c1-10-14(24-17(19-10)12-6-3-4-7-12)16(23)21-15-13(20-11(2)22)8-5-9-18-15/h5,8-9,12H,3-4,6-7H2,1-2H3,(H,20,22)(H,18,21,23). The van der Waals surface area contributed by atoms with Gasteiger partial charge in [-0.25, -0.2) is 9.97 Å². The zero-order valence-corrected chi connectivity index (χ0v) is 14.6. The number of carbonyl (C=O) groups excluding carboxylic acids is 2. The van der Waals surface area contributed by atoms with Crippen LogP contribution < -0.4 is 10.6 Å². The first kappa shape index (κ1) is 16.6. The van der Waals surface area contributed by atoms with Crippen LogP contribution >= 0.6 is 11.3 Å². The van der Waals surface area contributed by atoms with Crippen LogP contribution in [0.4, 0.5) is 11.5 Å². The number of aryl methyl sites for hydroxylation is 1. The fraction of sp³-hybridized carbons (Fsp3) is 0.412. The van der Waals surface area contributed by atoms with E-state index in [1.54, 1.807) is 18.3 Å². The lowest BCUT2D eigenvalue weighted by Gasteiger charge is -2.09. The maximum Gasteiger partial charge on any atom is 0.268 e. The maximum atomic E-state index is 12.6. The average molecular weight is 344 g/mol. The summed E-state index contributed by atoms with van der Waals surface area (Å²) in [5.41, 5.74) is 1.23. The van der Waals surface area contributed by atoms with Gasteiger partial charge in [0.05, 0.1) is 16.4 Å².